The third kappa shape index (κ3) is 26.2. The molecule has 1 saturated heterocycles. The van der Waals surface area contributed by atoms with Gasteiger partial charge in [0.15, 0.2) is 6.29 Å². The van der Waals surface area contributed by atoms with Crippen molar-refractivity contribution < 1.29 is 39.4 Å². The van der Waals surface area contributed by atoms with Crippen LogP contribution in [-0.2, 0) is 18.9 Å². The molecule has 0 saturated carbocycles. The van der Waals surface area contributed by atoms with Gasteiger partial charge in [-0.2, -0.15) is 0 Å². The maximum Gasteiger partial charge on any atom is 0.186 e. The summed E-state index contributed by atoms with van der Waals surface area (Å²) in [4.78, 5) is 0. The Morgan fingerprint density at radius 2 is 0.857 bits per heavy atom. The molecule has 8 nitrogen and oxygen atoms in total. The molecule has 4 N–H and O–H groups in total. The molecule has 0 bridgehead atoms. The Balaban J connectivity index is 2.20. The highest BCUT2D eigenvalue weighted by atomic mass is 16.7. The van der Waals surface area contributed by atoms with E-state index in [-0.39, 0.29) is 12.7 Å². The average Bonchev–Trinajstić information content (AvgIpc) is 3.11. The van der Waals surface area contributed by atoms with Crippen molar-refractivity contribution in [2.24, 2.45) is 0 Å². The molecule has 0 aromatic rings. The van der Waals surface area contributed by atoms with E-state index in [0.29, 0.717) is 19.8 Å². The van der Waals surface area contributed by atoms with Crippen molar-refractivity contribution in [3.63, 3.8) is 0 Å². The Kier molecular flexibility index (Phi) is 33.1. The van der Waals surface area contributed by atoms with E-state index in [9.17, 15) is 20.4 Å². The van der Waals surface area contributed by atoms with Gasteiger partial charge in [-0.25, -0.2) is 0 Å². The SMILES string of the molecule is CCCCCCCCCCCCCCCCOCC(COC1OC(CO)C(O)C(O)C1O)OCCCCCCCCCCCCCCCC. The van der Waals surface area contributed by atoms with Gasteiger partial charge >= 0.3 is 0 Å². The Morgan fingerprint density at radius 3 is 1.27 bits per heavy atom. The van der Waals surface area contributed by atoms with Crippen LogP contribution < -0.4 is 0 Å². The molecule has 49 heavy (non-hydrogen) atoms. The molecule has 1 heterocycles. The van der Waals surface area contributed by atoms with Crippen LogP contribution in [0.3, 0.4) is 0 Å². The van der Waals surface area contributed by atoms with E-state index in [1.807, 2.05) is 0 Å². The number of rotatable bonds is 37. The first-order chi connectivity index (χ1) is 24.0. The first-order valence-electron chi connectivity index (χ1n) is 21.2. The average molecular weight is 703 g/mol. The van der Waals surface area contributed by atoms with Gasteiger partial charge in [0.25, 0.3) is 0 Å². The Hall–Kier alpha value is -0.320. The van der Waals surface area contributed by atoms with Gasteiger partial charge in [-0.15, -0.1) is 0 Å². The van der Waals surface area contributed by atoms with Crippen LogP contribution in [-0.4, -0.2) is 90.3 Å². The van der Waals surface area contributed by atoms with E-state index in [4.69, 9.17) is 18.9 Å². The van der Waals surface area contributed by atoms with Crippen LogP contribution >= 0.6 is 0 Å². The van der Waals surface area contributed by atoms with E-state index in [0.717, 1.165) is 19.3 Å². The number of hydrogen-bond donors (Lipinski definition) is 4. The van der Waals surface area contributed by atoms with E-state index >= 15 is 0 Å². The largest absolute Gasteiger partial charge is 0.394 e. The maximum absolute atomic E-state index is 10.4. The van der Waals surface area contributed by atoms with Crippen molar-refractivity contribution in [3.8, 4) is 0 Å². The molecule has 1 rings (SSSR count). The lowest BCUT2D eigenvalue weighted by Crippen LogP contribution is -2.59. The van der Waals surface area contributed by atoms with Crippen molar-refractivity contribution in [2.75, 3.05) is 33.0 Å². The summed E-state index contributed by atoms with van der Waals surface area (Å²) < 4.78 is 23.5. The molecule has 0 aromatic carbocycles. The van der Waals surface area contributed by atoms with E-state index in [2.05, 4.69) is 13.8 Å². The fraction of sp³-hybridized carbons (Fsp3) is 1.00. The van der Waals surface area contributed by atoms with Gasteiger partial charge in [0.05, 0.1) is 19.8 Å². The molecule has 8 heteroatoms. The molecule has 0 amide bonds. The van der Waals surface area contributed by atoms with Gasteiger partial charge in [-0.05, 0) is 12.8 Å². The first kappa shape index (κ1) is 46.7. The van der Waals surface area contributed by atoms with Crippen molar-refractivity contribution in [1.29, 1.82) is 0 Å². The lowest BCUT2D eigenvalue weighted by Gasteiger charge is -2.39. The van der Waals surface area contributed by atoms with Crippen LogP contribution in [0.1, 0.15) is 194 Å². The van der Waals surface area contributed by atoms with Gasteiger partial charge < -0.3 is 39.4 Å². The maximum atomic E-state index is 10.4. The fourth-order valence-corrected chi connectivity index (χ4v) is 6.71. The topological polar surface area (TPSA) is 118 Å². The van der Waals surface area contributed by atoms with Gasteiger partial charge in [0.1, 0.15) is 30.5 Å². The summed E-state index contributed by atoms with van der Waals surface area (Å²) >= 11 is 0. The van der Waals surface area contributed by atoms with Crippen molar-refractivity contribution in [1.82, 2.24) is 0 Å². The van der Waals surface area contributed by atoms with Crippen LogP contribution in [0.2, 0.25) is 0 Å². The zero-order valence-electron chi connectivity index (χ0n) is 32.2. The molecule has 0 aliphatic carbocycles. The molecule has 1 aliphatic heterocycles. The highest BCUT2D eigenvalue weighted by Gasteiger charge is 2.44. The molecule has 0 spiro atoms. The third-order valence-electron chi connectivity index (χ3n) is 10.1. The first-order valence-corrected chi connectivity index (χ1v) is 21.2. The normalized spacial score (nSPS) is 21.8. The lowest BCUT2D eigenvalue weighted by atomic mass is 9.99. The molecule has 294 valence electrons. The second-order valence-electron chi connectivity index (χ2n) is 14.8. The molecular formula is C41H82O8. The number of aliphatic hydroxyl groups is 4. The highest BCUT2D eigenvalue weighted by molar-refractivity contribution is 4.89. The Bertz CT molecular complexity index is 665. The predicted molar refractivity (Wildman–Crippen MR) is 201 cm³/mol. The molecule has 6 atom stereocenters. The summed E-state index contributed by atoms with van der Waals surface area (Å²) in [5.41, 5.74) is 0. The fourth-order valence-electron chi connectivity index (χ4n) is 6.71. The van der Waals surface area contributed by atoms with Gasteiger partial charge in [0, 0.05) is 13.2 Å². The quantitative estimate of drug-likeness (QED) is 0.0474. The van der Waals surface area contributed by atoms with E-state index in [1.54, 1.807) is 0 Å². The van der Waals surface area contributed by atoms with E-state index in [1.165, 1.54) is 161 Å². The zero-order valence-corrected chi connectivity index (χ0v) is 32.2. The highest BCUT2D eigenvalue weighted by Crippen LogP contribution is 2.22. The zero-order chi connectivity index (χ0) is 35.6. The molecule has 1 fully saturated rings. The van der Waals surface area contributed by atoms with Crippen LogP contribution in [0.15, 0.2) is 0 Å². The van der Waals surface area contributed by atoms with Gasteiger partial charge in [-0.1, -0.05) is 181 Å². The molecule has 6 unspecified atom stereocenters. The number of ether oxygens (including phenoxy) is 4. The van der Waals surface area contributed by atoms with Crippen LogP contribution in [0.5, 0.6) is 0 Å². The predicted octanol–water partition coefficient (Wildman–Crippen LogP) is 9.17. The number of hydrogen-bond acceptors (Lipinski definition) is 8. The van der Waals surface area contributed by atoms with Crippen molar-refractivity contribution >= 4 is 0 Å². The minimum Gasteiger partial charge on any atom is -0.394 e. The summed E-state index contributed by atoms with van der Waals surface area (Å²) in [6.07, 6.45) is 30.1. The minimum absolute atomic E-state index is 0.125. The summed E-state index contributed by atoms with van der Waals surface area (Å²) in [6.45, 7) is 5.87. The summed E-state index contributed by atoms with van der Waals surface area (Å²) in [6, 6.07) is 0. The lowest BCUT2D eigenvalue weighted by molar-refractivity contribution is -0.306. The van der Waals surface area contributed by atoms with Crippen LogP contribution in [0.4, 0.5) is 0 Å². The van der Waals surface area contributed by atoms with Gasteiger partial charge in [-0.3, -0.25) is 0 Å². The Morgan fingerprint density at radius 1 is 0.469 bits per heavy atom. The monoisotopic (exact) mass is 703 g/mol. The Labute approximate surface area is 302 Å². The third-order valence-corrected chi connectivity index (χ3v) is 10.1. The van der Waals surface area contributed by atoms with E-state index < -0.39 is 37.3 Å². The number of unbranched alkanes of at least 4 members (excludes halogenated alkanes) is 26. The molecule has 1 aliphatic rings. The minimum atomic E-state index is -1.46. The van der Waals surface area contributed by atoms with Crippen molar-refractivity contribution in [3.05, 3.63) is 0 Å². The summed E-state index contributed by atoms with van der Waals surface area (Å²) in [7, 11) is 0. The standard InChI is InChI=1S/C41H82O8/c1-3-5-7-9-11-13-15-17-19-21-23-25-27-29-31-46-34-36(35-48-41-40(45)39(44)38(43)37(33-42)49-41)47-32-30-28-26-24-22-20-18-16-14-12-10-8-6-4-2/h36-45H,3-35H2,1-2H3. The number of aliphatic hydroxyl groups excluding tert-OH is 4. The summed E-state index contributed by atoms with van der Waals surface area (Å²) in [5, 5.41) is 40.0. The summed E-state index contributed by atoms with van der Waals surface area (Å²) in [5.74, 6) is 0. The molecule has 0 aromatic heterocycles. The van der Waals surface area contributed by atoms with Crippen molar-refractivity contribution in [2.45, 2.75) is 230 Å². The van der Waals surface area contributed by atoms with Crippen LogP contribution in [0.25, 0.3) is 0 Å². The smallest absolute Gasteiger partial charge is 0.186 e. The van der Waals surface area contributed by atoms with Crippen LogP contribution in [0, 0.1) is 0 Å². The molecular weight excluding hydrogens is 620 g/mol. The molecule has 0 radical (unpaired) electrons. The second-order valence-corrected chi connectivity index (χ2v) is 14.8. The second kappa shape index (κ2) is 34.7. The van der Waals surface area contributed by atoms with Gasteiger partial charge in [0.2, 0.25) is 0 Å².